The van der Waals surface area contributed by atoms with Crippen LogP contribution in [0.2, 0.25) is 0 Å². The zero-order valence-electron chi connectivity index (χ0n) is 9.36. The molecule has 0 fully saturated rings. The average Bonchev–Trinajstić information content (AvgIpc) is 2.82. The minimum atomic E-state index is 1.07. The van der Waals surface area contributed by atoms with E-state index in [0.717, 1.165) is 13.0 Å². The van der Waals surface area contributed by atoms with Gasteiger partial charge in [0.05, 0.1) is 4.88 Å². The summed E-state index contributed by atoms with van der Waals surface area (Å²) >= 11 is 1.77. The third-order valence-electron chi connectivity index (χ3n) is 3.05. The van der Waals surface area contributed by atoms with Crippen LogP contribution in [0.4, 0.5) is 5.82 Å². The summed E-state index contributed by atoms with van der Waals surface area (Å²) in [6.07, 6.45) is 3.64. The Morgan fingerprint density at radius 2 is 2.38 bits per heavy atom. The molecule has 3 nitrogen and oxygen atoms in total. The highest BCUT2D eigenvalue weighted by molar-refractivity contribution is 7.13. The maximum absolute atomic E-state index is 4.64. The normalized spacial score (nSPS) is 15.3. The number of fused-ring (bicyclic) bond motifs is 1. The summed E-state index contributed by atoms with van der Waals surface area (Å²) in [6.45, 7) is 1.07. The average molecular weight is 233 g/mol. The third kappa shape index (κ3) is 1.53. The van der Waals surface area contributed by atoms with E-state index in [0.29, 0.717) is 0 Å². The van der Waals surface area contributed by atoms with E-state index in [9.17, 15) is 0 Å². The van der Waals surface area contributed by atoms with Gasteiger partial charge in [0, 0.05) is 19.2 Å². The predicted molar refractivity (Wildman–Crippen MR) is 67.9 cm³/mol. The molecular weight excluding hydrogens is 218 g/mol. The van der Waals surface area contributed by atoms with Crippen LogP contribution in [0.5, 0.6) is 0 Å². The summed E-state index contributed by atoms with van der Waals surface area (Å²) in [5, 5.41) is 10.2. The van der Waals surface area contributed by atoms with E-state index in [1.54, 1.807) is 11.3 Å². The van der Waals surface area contributed by atoms with E-state index in [1.165, 1.54) is 34.8 Å². The molecule has 0 spiro atoms. The number of rotatable bonds is 1. The van der Waals surface area contributed by atoms with E-state index in [2.05, 4.69) is 27.9 Å². The van der Waals surface area contributed by atoms with E-state index >= 15 is 0 Å². The molecule has 0 bridgehead atoms. The molecule has 1 aliphatic rings. The number of thiophene rings is 1. The predicted octanol–water partition coefficient (Wildman–Crippen LogP) is 2.90. The smallest absolute Gasteiger partial charge is 0.127 e. The Labute approximate surface area is 99.1 Å². The number of hydrogen-bond acceptors (Lipinski definition) is 3. The molecule has 3 heterocycles. The zero-order valence-corrected chi connectivity index (χ0v) is 10.2. The third-order valence-corrected chi connectivity index (χ3v) is 3.92. The SMILES string of the molecule is Cn1nc(-c2cccs2)c2c1NCCCC2. The van der Waals surface area contributed by atoms with Gasteiger partial charge >= 0.3 is 0 Å². The molecular formula is C12H15N3S. The maximum Gasteiger partial charge on any atom is 0.127 e. The van der Waals surface area contributed by atoms with Gasteiger partial charge in [-0.25, -0.2) is 0 Å². The summed E-state index contributed by atoms with van der Waals surface area (Å²) in [5.41, 5.74) is 2.56. The van der Waals surface area contributed by atoms with Gasteiger partial charge in [0.2, 0.25) is 0 Å². The summed E-state index contributed by atoms with van der Waals surface area (Å²) in [5.74, 6) is 1.21. The molecule has 0 aromatic carbocycles. The lowest BCUT2D eigenvalue weighted by Crippen LogP contribution is -2.04. The Morgan fingerprint density at radius 3 is 3.19 bits per heavy atom. The van der Waals surface area contributed by atoms with Crippen LogP contribution in [0.25, 0.3) is 10.6 Å². The van der Waals surface area contributed by atoms with Crippen LogP contribution in [-0.4, -0.2) is 16.3 Å². The van der Waals surface area contributed by atoms with Crippen molar-refractivity contribution >= 4 is 17.2 Å². The van der Waals surface area contributed by atoms with Crippen LogP contribution in [0.15, 0.2) is 17.5 Å². The minimum Gasteiger partial charge on any atom is -0.370 e. The van der Waals surface area contributed by atoms with Crippen LogP contribution < -0.4 is 5.32 Å². The quantitative estimate of drug-likeness (QED) is 0.820. The van der Waals surface area contributed by atoms with E-state index in [-0.39, 0.29) is 0 Å². The summed E-state index contributed by atoms with van der Waals surface area (Å²) < 4.78 is 1.98. The lowest BCUT2D eigenvalue weighted by Gasteiger charge is -2.03. The van der Waals surface area contributed by atoms with Crippen molar-refractivity contribution in [1.82, 2.24) is 9.78 Å². The first-order valence-electron chi connectivity index (χ1n) is 5.70. The molecule has 3 rings (SSSR count). The van der Waals surface area contributed by atoms with Gasteiger partial charge in [-0.3, -0.25) is 4.68 Å². The topological polar surface area (TPSA) is 29.9 Å². The largest absolute Gasteiger partial charge is 0.370 e. The van der Waals surface area contributed by atoms with Crippen LogP contribution in [0.3, 0.4) is 0 Å². The highest BCUT2D eigenvalue weighted by Crippen LogP contribution is 2.33. The van der Waals surface area contributed by atoms with Crippen molar-refractivity contribution in [2.75, 3.05) is 11.9 Å². The van der Waals surface area contributed by atoms with Crippen molar-refractivity contribution in [1.29, 1.82) is 0 Å². The summed E-state index contributed by atoms with van der Waals surface area (Å²) in [6, 6.07) is 4.24. The van der Waals surface area contributed by atoms with Gasteiger partial charge in [-0.2, -0.15) is 5.10 Å². The molecule has 2 aromatic heterocycles. The fourth-order valence-electron chi connectivity index (χ4n) is 2.27. The number of aromatic nitrogens is 2. The van der Waals surface area contributed by atoms with Crippen LogP contribution in [0.1, 0.15) is 18.4 Å². The molecule has 0 unspecified atom stereocenters. The van der Waals surface area contributed by atoms with Crippen LogP contribution in [-0.2, 0) is 13.5 Å². The van der Waals surface area contributed by atoms with Gasteiger partial charge < -0.3 is 5.32 Å². The molecule has 84 valence electrons. The Hall–Kier alpha value is -1.29. The number of hydrogen-bond donors (Lipinski definition) is 1. The summed E-state index contributed by atoms with van der Waals surface area (Å²) in [4.78, 5) is 1.28. The Balaban J connectivity index is 2.13. The van der Waals surface area contributed by atoms with Gasteiger partial charge in [-0.05, 0) is 30.7 Å². The van der Waals surface area contributed by atoms with Crippen LogP contribution in [0, 0.1) is 0 Å². The van der Waals surface area contributed by atoms with Crippen molar-refractivity contribution in [3.63, 3.8) is 0 Å². The first-order valence-corrected chi connectivity index (χ1v) is 6.58. The Morgan fingerprint density at radius 1 is 1.44 bits per heavy atom. The zero-order chi connectivity index (χ0) is 11.0. The van der Waals surface area contributed by atoms with Gasteiger partial charge in [-0.1, -0.05) is 6.07 Å². The van der Waals surface area contributed by atoms with E-state index in [1.807, 2.05) is 11.7 Å². The van der Waals surface area contributed by atoms with E-state index in [4.69, 9.17) is 0 Å². The van der Waals surface area contributed by atoms with Crippen molar-refractivity contribution in [3.8, 4) is 10.6 Å². The van der Waals surface area contributed by atoms with Crippen LogP contribution >= 0.6 is 11.3 Å². The lowest BCUT2D eigenvalue weighted by molar-refractivity contribution is 0.757. The Bertz CT molecular complexity index is 485. The fourth-order valence-corrected chi connectivity index (χ4v) is 3.01. The molecule has 0 atom stereocenters. The molecule has 1 aliphatic heterocycles. The summed E-state index contributed by atoms with van der Waals surface area (Å²) in [7, 11) is 2.02. The standard InChI is InChI=1S/C12H15N3S/c1-15-12-9(5-2-3-7-13-12)11(14-15)10-6-4-8-16-10/h4,6,8,13H,2-3,5,7H2,1H3. The Kier molecular flexibility index (Phi) is 2.44. The van der Waals surface area contributed by atoms with Gasteiger partial charge in [0.25, 0.3) is 0 Å². The number of aryl methyl sites for hydroxylation is 1. The molecule has 1 N–H and O–H groups in total. The second-order valence-corrected chi connectivity index (χ2v) is 5.11. The van der Waals surface area contributed by atoms with Gasteiger partial charge in [-0.15, -0.1) is 11.3 Å². The highest BCUT2D eigenvalue weighted by Gasteiger charge is 2.19. The maximum atomic E-state index is 4.64. The molecule has 0 radical (unpaired) electrons. The second kappa shape index (κ2) is 3.94. The molecule has 4 heteroatoms. The van der Waals surface area contributed by atoms with Crippen molar-refractivity contribution in [2.45, 2.75) is 19.3 Å². The first kappa shape index (κ1) is 9.90. The van der Waals surface area contributed by atoms with Gasteiger partial charge in [0.15, 0.2) is 0 Å². The fraction of sp³-hybridized carbons (Fsp3) is 0.417. The molecule has 2 aromatic rings. The molecule has 16 heavy (non-hydrogen) atoms. The second-order valence-electron chi connectivity index (χ2n) is 4.16. The van der Waals surface area contributed by atoms with Crippen molar-refractivity contribution in [2.24, 2.45) is 7.05 Å². The monoisotopic (exact) mass is 233 g/mol. The van der Waals surface area contributed by atoms with E-state index < -0.39 is 0 Å². The molecule has 0 aliphatic carbocycles. The van der Waals surface area contributed by atoms with Crippen molar-refractivity contribution in [3.05, 3.63) is 23.1 Å². The minimum absolute atomic E-state index is 1.07. The highest BCUT2D eigenvalue weighted by atomic mass is 32.1. The number of anilines is 1. The number of nitrogens with zero attached hydrogens (tertiary/aromatic N) is 2. The first-order chi connectivity index (χ1) is 7.86. The molecule has 0 saturated carbocycles. The van der Waals surface area contributed by atoms with Gasteiger partial charge in [0.1, 0.15) is 11.5 Å². The number of nitrogens with one attached hydrogen (secondary N) is 1. The molecule has 0 saturated heterocycles. The lowest BCUT2D eigenvalue weighted by atomic mass is 10.1. The molecule has 0 amide bonds. The van der Waals surface area contributed by atoms with Crippen molar-refractivity contribution < 1.29 is 0 Å².